The minimum absolute atomic E-state index is 0.114. The van der Waals surface area contributed by atoms with Crippen LogP contribution in [0.3, 0.4) is 0 Å². The molecule has 8 heteroatoms. The zero-order valence-corrected chi connectivity index (χ0v) is 16.8. The maximum atomic E-state index is 13.5. The van der Waals surface area contributed by atoms with E-state index in [4.69, 9.17) is 4.74 Å². The van der Waals surface area contributed by atoms with Gasteiger partial charge in [-0.15, -0.1) is 0 Å². The van der Waals surface area contributed by atoms with Crippen molar-refractivity contribution in [2.24, 2.45) is 4.99 Å². The summed E-state index contributed by atoms with van der Waals surface area (Å²) < 4.78 is 18.8. The summed E-state index contributed by atoms with van der Waals surface area (Å²) in [5.74, 6) is -0.940. The van der Waals surface area contributed by atoms with Crippen molar-refractivity contribution in [1.82, 2.24) is 10.2 Å². The second kappa shape index (κ2) is 8.60. The number of hydrogen-bond donors (Lipinski definition) is 1. The molecule has 0 spiro atoms. The van der Waals surface area contributed by atoms with Gasteiger partial charge in [-0.1, -0.05) is 23.9 Å². The largest absolute Gasteiger partial charge is 0.463 e. The van der Waals surface area contributed by atoms with Gasteiger partial charge < -0.3 is 15.0 Å². The Morgan fingerprint density at radius 3 is 2.64 bits per heavy atom. The molecule has 1 aromatic carbocycles. The van der Waals surface area contributed by atoms with E-state index >= 15 is 0 Å². The molecule has 0 bridgehead atoms. The quantitative estimate of drug-likeness (QED) is 0.737. The van der Waals surface area contributed by atoms with Crippen LogP contribution in [-0.2, 0) is 14.3 Å². The van der Waals surface area contributed by atoms with Gasteiger partial charge in [0.25, 0.3) is 0 Å². The third-order valence-corrected chi connectivity index (χ3v) is 5.29. The van der Waals surface area contributed by atoms with Crippen molar-refractivity contribution >= 4 is 28.8 Å². The molecule has 28 heavy (non-hydrogen) atoms. The molecule has 1 aromatic rings. The third kappa shape index (κ3) is 3.96. The Hall–Kier alpha value is -2.61. The Bertz CT molecular complexity index is 877. The van der Waals surface area contributed by atoms with Crippen LogP contribution < -0.4 is 5.32 Å². The molecule has 0 saturated heterocycles. The van der Waals surface area contributed by atoms with Crippen molar-refractivity contribution in [3.63, 3.8) is 0 Å². The number of carbonyl (C=O) groups is 2. The number of fused-ring (bicyclic) bond motifs is 1. The van der Waals surface area contributed by atoms with Crippen LogP contribution in [-0.4, -0.2) is 35.1 Å². The molecular formula is C20H22FN3O3S. The lowest BCUT2D eigenvalue weighted by molar-refractivity contribution is -0.139. The molecule has 1 amide bonds. The first-order valence-electron chi connectivity index (χ1n) is 9.09. The fourth-order valence-corrected chi connectivity index (χ4v) is 4.19. The molecule has 2 aliphatic heterocycles. The Labute approximate surface area is 167 Å². The number of hydrogen-bond acceptors (Lipinski definition) is 6. The highest BCUT2D eigenvalue weighted by molar-refractivity contribution is 8.16. The first-order chi connectivity index (χ1) is 13.5. The number of rotatable bonds is 6. The van der Waals surface area contributed by atoms with Gasteiger partial charge in [-0.05, 0) is 43.9 Å². The standard InChI is InChI=1S/C20H22FN3O3S/c1-4-22-16(25)10-15-11-28-20-23-12(3)17(19(26)27-5-2)18(24(15)20)13-6-8-14(21)9-7-13/h6-9,11,18H,4-5,10H2,1-3H3,(H,22,25). The van der Waals surface area contributed by atoms with Crippen LogP contribution in [0.2, 0.25) is 0 Å². The molecule has 1 N–H and O–H groups in total. The van der Waals surface area contributed by atoms with Crippen molar-refractivity contribution in [2.75, 3.05) is 13.2 Å². The first kappa shape index (κ1) is 20.1. The van der Waals surface area contributed by atoms with Crippen molar-refractivity contribution < 1.29 is 18.7 Å². The van der Waals surface area contributed by atoms with Crippen LogP contribution in [0, 0.1) is 5.82 Å². The molecule has 0 saturated carbocycles. The lowest BCUT2D eigenvalue weighted by atomic mass is 9.94. The number of carbonyl (C=O) groups excluding carboxylic acids is 2. The van der Waals surface area contributed by atoms with Gasteiger partial charge in [0.1, 0.15) is 5.82 Å². The highest BCUT2D eigenvalue weighted by Gasteiger charge is 2.41. The molecule has 3 rings (SSSR count). The molecule has 0 fully saturated rings. The molecule has 148 valence electrons. The van der Waals surface area contributed by atoms with Crippen LogP contribution in [0.15, 0.2) is 51.6 Å². The van der Waals surface area contributed by atoms with Gasteiger partial charge in [-0.2, -0.15) is 0 Å². The maximum Gasteiger partial charge on any atom is 0.338 e. The van der Waals surface area contributed by atoms with Gasteiger partial charge >= 0.3 is 5.97 Å². The van der Waals surface area contributed by atoms with E-state index in [1.807, 2.05) is 17.2 Å². The number of nitrogens with zero attached hydrogens (tertiary/aromatic N) is 2. The summed E-state index contributed by atoms with van der Waals surface area (Å²) in [4.78, 5) is 31.3. The zero-order chi connectivity index (χ0) is 20.3. The van der Waals surface area contributed by atoms with Crippen molar-refractivity contribution in [2.45, 2.75) is 33.2 Å². The summed E-state index contributed by atoms with van der Waals surface area (Å²) in [6.07, 6.45) is 0.159. The van der Waals surface area contributed by atoms with Crippen LogP contribution >= 0.6 is 11.8 Å². The second-order valence-electron chi connectivity index (χ2n) is 6.30. The van der Waals surface area contributed by atoms with Crippen molar-refractivity contribution in [3.05, 3.63) is 58.0 Å². The maximum absolute atomic E-state index is 13.5. The number of thioether (sulfide) groups is 1. The Balaban J connectivity index is 2.05. The van der Waals surface area contributed by atoms with Gasteiger partial charge in [0.2, 0.25) is 5.91 Å². The summed E-state index contributed by atoms with van der Waals surface area (Å²) in [5.41, 5.74) is 2.40. The molecule has 0 aromatic heterocycles. The van der Waals surface area contributed by atoms with E-state index in [9.17, 15) is 14.0 Å². The molecular weight excluding hydrogens is 381 g/mol. The number of esters is 1. The highest BCUT2D eigenvalue weighted by Crippen LogP contribution is 2.44. The second-order valence-corrected chi connectivity index (χ2v) is 7.13. The number of benzene rings is 1. The Kier molecular flexibility index (Phi) is 6.18. The molecule has 0 radical (unpaired) electrons. The van der Waals surface area contributed by atoms with Crippen LogP contribution in [0.1, 0.15) is 38.8 Å². The summed E-state index contributed by atoms with van der Waals surface area (Å²) in [6, 6.07) is 5.46. The summed E-state index contributed by atoms with van der Waals surface area (Å²) in [5, 5.41) is 5.33. The predicted octanol–water partition coefficient (Wildman–Crippen LogP) is 3.49. The first-order valence-corrected chi connectivity index (χ1v) is 9.97. The normalized spacial score (nSPS) is 18.4. The van der Waals surface area contributed by atoms with E-state index < -0.39 is 12.0 Å². The molecule has 1 atom stereocenters. The van der Waals surface area contributed by atoms with E-state index in [-0.39, 0.29) is 24.8 Å². The average molecular weight is 403 g/mol. The van der Waals surface area contributed by atoms with Gasteiger partial charge in [-0.3, -0.25) is 4.79 Å². The number of amidine groups is 1. The van der Waals surface area contributed by atoms with E-state index in [1.54, 1.807) is 26.0 Å². The number of amides is 1. The van der Waals surface area contributed by atoms with Crippen LogP contribution in [0.5, 0.6) is 0 Å². The van der Waals surface area contributed by atoms with Gasteiger partial charge in [0.15, 0.2) is 5.17 Å². The lowest BCUT2D eigenvalue weighted by Gasteiger charge is -2.36. The Morgan fingerprint density at radius 1 is 1.29 bits per heavy atom. The topological polar surface area (TPSA) is 71.0 Å². The minimum Gasteiger partial charge on any atom is -0.463 e. The van der Waals surface area contributed by atoms with Gasteiger partial charge in [-0.25, -0.2) is 14.2 Å². The van der Waals surface area contributed by atoms with Crippen molar-refractivity contribution in [1.29, 1.82) is 0 Å². The molecule has 2 aliphatic rings. The van der Waals surface area contributed by atoms with E-state index in [1.165, 1.54) is 23.9 Å². The molecule has 0 aliphatic carbocycles. The fourth-order valence-electron chi connectivity index (χ4n) is 3.22. The number of allylic oxidation sites excluding steroid dienone is 1. The Morgan fingerprint density at radius 2 is 2.00 bits per heavy atom. The summed E-state index contributed by atoms with van der Waals surface area (Å²) >= 11 is 1.40. The predicted molar refractivity (Wildman–Crippen MR) is 107 cm³/mol. The number of halogens is 1. The number of ether oxygens (including phenoxy) is 1. The summed E-state index contributed by atoms with van der Waals surface area (Å²) in [7, 11) is 0. The molecule has 1 unspecified atom stereocenters. The smallest absolute Gasteiger partial charge is 0.338 e. The van der Waals surface area contributed by atoms with Crippen LogP contribution in [0.4, 0.5) is 4.39 Å². The molecule has 6 nitrogen and oxygen atoms in total. The van der Waals surface area contributed by atoms with E-state index in [2.05, 4.69) is 10.3 Å². The number of nitrogens with one attached hydrogen (secondary N) is 1. The zero-order valence-electron chi connectivity index (χ0n) is 16.0. The number of aliphatic imine (C=N–C) groups is 1. The van der Waals surface area contributed by atoms with E-state index in [0.29, 0.717) is 23.0 Å². The fraction of sp³-hybridized carbons (Fsp3) is 0.350. The monoisotopic (exact) mass is 403 g/mol. The third-order valence-electron chi connectivity index (χ3n) is 4.40. The van der Waals surface area contributed by atoms with Gasteiger partial charge in [0.05, 0.1) is 30.3 Å². The minimum atomic E-state index is -0.539. The van der Waals surface area contributed by atoms with Gasteiger partial charge in [0, 0.05) is 12.2 Å². The highest BCUT2D eigenvalue weighted by atomic mass is 32.2. The van der Waals surface area contributed by atoms with Crippen LogP contribution in [0.25, 0.3) is 0 Å². The average Bonchev–Trinajstić information content (AvgIpc) is 3.03. The van der Waals surface area contributed by atoms with E-state index in [0.717, 1.165) is 11.3 Å². The van der Waals surface area contributed by atoms with Crippen molar-refractivity contribution in [3.8, 4) is 0 Å². The summed E-state index contributed by atoms with van der Waals surface area (Å²) in [6.45, 7) is 6.13. The lowest BCUT2D eigenvalue weighted by Crippen LogP contribution is -2.38. The molecule has 2 heterocycles. The SMILES string of the molecule is CCNC(=O)CC1=CSC2=NC(C)=C(C(=O)OCC)C(c3ccc(F)cc3)N12.